The van der Waals surface area contributed by atoms with E-state index in [-0.39, 0.29) is 5.97 Å². The van der Waals surface area contributed by atoms with E-state index in [1.165, 1.54) is 40.8 Å². The molecule has 0 amide bonds. The second-order valence-electron chi connectivity index (χ2n) is 26.4. The van der Waals surface area contributed by atoms with E-state index in [1.807, 2.05) is 0 Å². The number of hydrogen-bond donors (Lipinski definition) is 0. The van der Waals surface area contributed by atoms with Crippen molar-refractivity contribution in [1.29, 1.82) is 0 Å². The van der Waals surface area contributed by atoms with Crippen LogP contribution in [-0.4, -0.2) is 5.97 Å². The number of rotatable bonds is 11. The van der Waals surface area contributed by atoms with Gasteiger partial charge in [-0.15, -0.1) is 0 Å². The molecule has 440 valence electrons. The third kappa shape index (κ3) is 8.88. The maximum absolute atomic E-state index is 17.7. The molecule has 0 heterocycles. The van der Waals surface area contributed by atoms with Gasteiger partial charge in [0.2, 0.25) is 0 Å². The molecule has 0 unspecified atom stereocenters. The van der Waals surface area contributed by atoms with E-state index in [2.05, 4.69) is 309 Å². The van der Waals surface area contributed by atoms with Gasteiger partial charge in [-0.2, -0.15) is 0 Å². The van der Waals surface area contributed by atoms with Crippen molar-refractivity contribution in [2.24, 2.45) is 23.2 Å². The zero-order chi connectivity index (χ0) is 60.9. The van der Waals surface area contributed by atoms with E-state index in [1.54, 1.807) is 0 Å². The van der Waals surface area contributed by atoms with Gasteiger partial charge in [0, 0.05) is 14.7 Å². The quantitative estimate of drug-likeness (QED) is 0.129. The van der Waals surface area contributed by atoms with Crippen LogP contribution >= 0.6 is 10.3 Å². The van der Waals surface area contributed by atoms with Crippen LogP contribution in [0.4, 0.5) is 0 Å². The van der Waals surface area contributed by atoms with E-state index in [0.29, 0.717) is 17.8 Å². The van der Waals surface area contributed by atoms with Crippen LogP contribution in [0, 0.1) is 23.2 Å². The minimum Gasteiger partial charge on any atom is -0.401 e. The molecule has 4 aliphatic rings. The fourth-order valence-electron chi connectivity index (χ4n) is 17.4. The maximum Gasteiger partial charge on any atom is 0.323 e. The van der Waals surface area contributed by atoms with E-state index in [0.717, 1.165) is 144 Å². The molecule has 15 aromatic rings. The minimum absolute atomic E-state index is 0.0628. The lowest BCUT2D eigenvalue weighted by Gasteiger charge is -2.56. The fourth-order valence-corrected chi connectivity index (χ4v) is 21.2. The SMILES string of the molecule is O=C(OS(c1ccccc1)(c1c(-c2cccc3ccccc23)cc(-c2cccc3ccccc23)cc1-c1cccc2ccccc12)c1c(-c2cccc3ccccc23)cc(-c2cccc3ccccc23)cc1-c1cccc2ccccc12)C12CC3CC(CC(C3)C1)C2. The summed E-state index contributed by atoms with van der Waals surface area (Å²) in [6, 6.07) is 115. The first kappa shape index (κ1) is 54.6. The van der Waals surface area contributed by atoms with Crippen LogP contribution in [-0.2, 0) is 8.98 Å². The highest BCUT2D eigenvalue weighted by atomic mass is 32.3. The van der Waals surface area contributed by atoms with Crippen molar-refractivity contribution < 1.29 is 8.98 Å². The van der Waals surface area contributed by atoms with Crippen molar-refractivity contribution in [2.45, 2.75) is 53.2 Å². The van der Waals surface area contributed by atoms with Crippen LogP contribution < -0.4 is 0 Å². The second-order valence-corrected chi connectivity index (χ2v) is 29.0. The summed E-state index contributed by atoms with van der Waals surface area (Å²) < 4.78 is 8.85. The highest BCUT2D eigenvalue weighted by Gasteiger charge is 2.58. The molecule has 0 spiro atoms. The van der Waals surface area contributed by atoms with Crippen molar-refractivity contribution in [1.82, 2.24) is 0 Å². The number of carbonyl (C=O) groups is 1. The van der Waals surface area contributed by atoms with E-state index < -0.39 is 15.7 Å². The van der Waals surface area contributed by atoms with Crippen LogP contribution in [0.3, 0.4) is 0 Å². The second kappa shape index (κ2) is 22.0. The topological polar surface area (TPSA) is 26.3 Å². The van der Waals surface area contributed by atoms with Crippen LogP contribution in [0.25, 0.3) is 131 Å². The molecule has 0 atom stereocenters. The molecule has 92 heavy (non-hydrogen) atoms. The minimum atomic E-state index is -3.45. The van der Waals surface area contributed by atoms with Gasteiger partial charge in [0.05, 0.1) is 5.41 Å². The molecule has 4 fully saturated rings. The third-order valence-corrected chi connectivity index (χ3v) is 24.4. The Bertz CT molecular complexity index is 4910. The van der Waals surface area contributed by atoms with E-state index in [9.17, 15) is 0 Å². The summed E-state index contributed by atoms with van der Waals surface area (Å²) in [5.41, 5.74) is 12.2. The Balaban J connectivity index is 1.11. The van der Waals surface area contributed by atoms with Gasteiger partial charge < -0.3 is 4.18 Å². The lowest BCUT2D eigenvalue weighted by atomic mass is 9.49. The van der Waals surface area contributed by atoms with Gasteiger partial charge in [0.15, 0.2) is 0 Å². The van der Waals surface area contributed by atoms with Gasteiger partial charge in [-0.3, -0.25) is 4.79 Å². The van der Waals surface area contributed by atoms with Crippen molar-refractivity contribution in [3.05, 3.63) is 309 Å². The Labute approximate surface area is 539 Å². The molecule has 0 N–H and O–H groups in total. The Kier molecular flexibility index (Phi) is 13.0. The van der Waals surface area contributed by atoms with Crippen LogP contribution in [0.15, 0.2) is 324 Å². The molecule has 19 rings (SSSR count). The zero-order valence-corrected chi connectivity index (χ0v) is 52.0. The Morgan fingerprint density at radius 3 is 0.837 bits per heavy atom. The molecule has 4 bridgehead atoms. The molecule has 2 nitrogen and oxygen atoms in total. The highest BCUT2D eigenvalue weighted by Crippen LogP contribution is 2.78. The molecule has 0 saturated heterocycles. The Morgan fingerprint density at radius 1 is 0.283 bits per heavy atom. The number of benzene rings is 15. The molecular weight excluding hydrogens is 1130 g/mol. The average molecular weight is 1200 g/mol. The Hall–Kier alpha value is -10.3. The van der Waals surface area contributed by atoms with Crippen molar-refractivity contribution >= 4 is 80.9 Å². The predicted molar refractivity (Wildman–Crippen MR) is 386 cm³/mol. The molecule has 4 saturated carbocycles. The molecule has 0 radical (unpaired) electrons. The first-order valence-corrected chi connectivity index (χ1v) is 34.4. The molecule has 0 aliphatic heterocycles. The van der Waals surface area contributed by atoms with E-state index >= 15 is 4.79 Å². The van der Waals surface area contributed by atoms with Gasteiger partial charge in [0.25, 0.3) is 0 Å². The summed E-state index contributed by atoms with van der Waals surface area (Å²) >= 11 is 0. The summed E-state index contributed by atoms with van der Waals surface area (Å²) in [5, 5.41) is 13.7. The number of carbonyl (C=O) groups excluding carboxylic acids is 1. The van der Waals surface area contributed by atoms with Crippen molar-refractivity contribution in [3.8, 4) is 66.8 Å². The number of hydrogen-bond acceptors (Lipinski definition) is 2. The molecule has 15 aromatic carbocycles. The smallest absolute Gasteiger partial charge is 0.323 e. The summed E-state index contributed by atoms with van der Waals surface area (Å²) in [6.07, 6.45) is 6.13. The third-order valence-electron chi connectivity index (χ3n) is 21.0. The van der Waals surface area contributed by atoms with Gasteiger partial charge in [-0.05, 0) is 234 Å². The van der Waals surface area contributed by atoms with E-state index in [4.69, 9.17) is 4.18 Å². The van der Waals surface area contributed by atoms with Crippen molar-refractivity contribution in [3.63, 3.8) is 0 Å². The summed E-state index contributed by atoms with van der Waals surface area (Å²) in [7, 11) is -3.45. The maximum atomic E-state index is 17.7. The standard InChI is InChI=1S/C89H66O2S/c90-88(89-55-58-48-59(56-89)50-60(49-58)57-89)91-92(69-34-2-1-3-35-69,86-82(78-44-18-30-63-24-6-12-38-72(63)78)51-67(76-42-16-28-61-22-4-10-36-70(61)76)52-83(86)79-45-19-31-64-25-7-13-39-73(64)79)87-84(80-46-20-32-65-26-8-14-40-74(65)80)53-68(77-43-17-29-62-23-5-11-37-71(62)77)54-85(87)81-47-21-33-66-27-9-15-41-75(66)81/h1-47,51-54,58-60H,48-50,55-57H2. The van der Waals surface area contributed by atoms with Crippen LogP contribution in [0.1, 0.15) is 38.5 Å². The molecule has 0 aromatic heterocycles. The first-order valence-electron chi connectivity index (χ1n) is 32.8. The zero-order valence-electron chi connectivity index (χ0n) is 51.1. The lowest BCUT2D eigenvalue weighted by Crippen LogP contribution is -2.50. The normalized spacial score (nSPS) is 17.9. The first-order chi connectivity index (χ1) is 45.4. The fraction of sp³-hybridized carbons (Fsp3) is 0.112. The van der Waals surface area contributed by atoms with Crippen LogP contribution in [0.5, 0.6) is 0 Å². The predicted octanol–water partition coefficient (Wildman–Crippen LogP) is 24.6. The lowest BCUT2D eigenvalue weighted by molar-refractivity contribution is -0.160. The summed E-state index contributed by atoms with van der Waals surface area (Å²) in [4.78, 5) is 20.7. The Morgan fingerprint density at radius 2 is 0.533 bits per heavy atom. The molecular formula is C89H66O2S. The van der Waals surface area contributed by atoms with Crippen molar-refractivity contribution in [2.75, 3.05) is 0 Å². The van der Waals surface area contributed by atoms with Gasteiger partial charge in [0.1, 0.15) is 0 Å². The summed E-state index contributed by atoms with van der Waals surface area (Å²) in [5.74, 6) is 1.41. The highest BCUT2D eigenvalue weighted by molar-refractivity contribution is 8.30. The van der Waals surface area contributed by atoms with Gasteiger partial charge in [-0.25, -0.2) is 0 Å². The van der Waals surface area contributed by atoms with Gasteiger partial charge in [-0.1, -0.05) is 273 Å². The largest absolute Gasteiger partial charge is 0.401 e. The van der Waals surface area contributed by atoms with Crippen LogP contribution in [0.2, 0.25) is 0 Å². The van der Waals surface area contributed by atoms with Gasteiger partial charge >= 0.3 is 5.97 Å². The monoisotopic (exact) mass is 1200 g/mol. The molecule has 4 aliphatic carbocycles. The summed E-state index contributed by atoms with van der Waals surface area (Å²) in [6.45, 7) is 0. The number of fused-ring (bicyclic) bond motifs is 6. The molecule has 3 heteroatoms. The average Bonchev–Trinajstić information content (AvgIpc) is 0.694.